The van der Waals surface area contributed by atoms with E-state index in [2.05, 4.69) is 14.9 Å². The van der Waals surface area contributed by atoms with E-state index in [9.17, 15) is 5.11 Å². The lowest BCUT2D eigenvalue weighted by atomic mass is 10.2. The molecule has 0 saturated carbocycles. The van der Waals surface area contributed by atoms with Crippen LogP contribution in [0.3, 0.4) is 0 Å². The normalized spacial score (nSPS) is 20.8. The first-order valence-corrected chi connectivity index (χ1v) is 5.71. The number of H-pyrrole nitrogens is 1. The van der Waals surface area contributed by atoms with Crippen molar-refractivity contribution >= 4 is 17.0 Å². The molecule has 1 aromatic carbocycles. The molecule has 2 heterocycles. The van der Waals surface area contributed by atoms with Crippen molar-refractivity contribution in [2.45, 2.75) is 18.9 Å². The minimum atomic E-state index is 0.205. The topological polar surface area (TPSA) is 52.1 Å². The van der Waals surface area contributed by atoms with Crippen molar-refractivity contribution in [3.63, 3.8) is 0 Å². The second-order valence-corrected chi connectivity index (χ2v) is 4.25. The number of benzene rings is 1. The minimum absolute atomic E-state index is 0.205. The van der Waals surface area contributed by atoms with Crippen LogP contribution in [0.2, 0.25) is 0 Å². The first-order chi connectivity index (χ1) is 7.88. The molecule has 0 unspecified atom stereocenters. The van der Waals surface area contributed by atoms with Gasteiger partial charge in [0.1, 0.15) is 0 Å². The smallest absolute Gasteiger partial charge is 0.204 e. The summed E-state index contributed by atoms with van der Waals surface area (Å²) in [7, 11) is 0. The predicted octanol–water partition coefficient (Wildman–Crippen LogP) is 1.52. The van der Waals surface area contributed by atoms with Crippen LogP contribution in [-0.4, -0.2) is 34.3 Å². The van der Waals surface area contributed by atoms with Crippen LogP contribution in [-0.2, 0) is 0 Å². The van der Waals surface area contributed by atoms with E-state index in [1.54, 1.807) is 0 Å². The number of aromatic nitrogens is 2. The zero-order valence-corrected chi connectivity index (χ0v) is 9.06. The van der Waals surface area contributed by atoms with Crippen LogP contribution in [0.5, 0.6) is 0 Å². The summed E-state index contributed by atoms with van der Waals surface area (Å²) in [6.07, 6.45) is 2.18. The van der Waals surface area contributed by atoms with Crippen molar-refractivity contribution in [3.8, 4) is 0 Å². The summed E-state index contributed by atoms with van der Waals surface area (Å²) < 4.78 is 0. The Morgan fingerprint density at radius 3 is 3.12 bits per heavy atom. The first kappa shape index (κ1) is 9.66. The third kappa shape index (κ3) is 1.46. The van der Waals surface area contributed by atoms with Gasteiger partial charge in [0.25, 0.3) is 0 Å². The Morgan fingerprint density at radius 2 is 2.31 bits per heavy atom. The number of nitrogens with one attached hydrogen (secondary N) is 1. The number of rotatable bonds is 2. The Bertz CT molecular complexity index is 461. The molecule has 2 aromatic rings. The lowest BCUT2D eigenvalue weighted by molar-refractivity contribution is 0.265. The fraction of sp³-hybridized carbons (Fsp3) is 0.417. The standard InChI is InChI=1S/C12H15N3O/c16-8-9-4-3-7-15(9)12-13-10-5-1-2-6-11(10)14-12/h1-2,5-6,9,16H,3-4,7-8H2,(H,13,14)/t9-/m1/s1. The van der Waals surface area contributed by atoms with Crippen LogP contribution >= 0.6 is 0 Å². The Labute approximate surface area is 93.9 Å². The molecule has 0 bridgehead atoms. The molecule has 4 heteroatoms. The number of hydrogen-bond donors (Lipinski definition) is 2. The van der Waals surface area contributed by atoms with E-state index in [4.69, 9.17) is 0 Å². The van der Waals surface area contributed by atoms with Crippen LogP contribution in [0, 0.1) is 0 Å². The van der Waals surface area contributed by atoms with E-state index in [-0.39, 0.29) is 12.6 Å². The summed E-state index contributed by atoms with van der Waals surface area (Å²) in [6, 6.07) is 8.23. The highest BCUT2D eigenvalue weighted by Crippen LogP contribution is 2.24. The van der Waals surface area contributed by atoms with Gasteiger partial charge in [-0.25, -0.2) is 4.98 Å². The molecule has 3 rings (SSSR count). The fourth-order valence-corrected chi connectivity index (χ4v) is 2.38. The summed E-state index contributed by atoms with van der Waals surface area (Å²) in [6.45, 7) is 1.18. The molecule has 1 fully saturated rings. The molecule has 0 aliphatic carbocycles. The number of imidazole rings is 1. The van der Waals surface area contributed by atoms with Crippen LogP contribution in [0.1, 0.15) is 12.8 Å². The van der Waals surface area contributed by atoms with Crippen molar-refractivity contribution in [2.24, 2.45) is 0 Å². The van der Waals surface area contributed by atoms with Gasteiger partial charge < -0.3 is 15.0 Å². The van der Waals surface area contributed by atoms with Gasteiger partial charge in [-0.05, 0) is 25.0 Å². The van der Waals surface area contributed by atoms with Crippen LogP contribution in [0.4, 0.5) is 5.95 Å². The van der Waals surface area contributed by atoms with Crippen molar-refractivity contribution in [2.75, 3.05) is 18.1 Å². The summed E-state index contributed by atoms with van der Waals surface area (Å²) in [4.78, 5) is 10.0. The number of nitrogens with zero attached hydrogens (tertiary/aromatic N) is 2. The maximum Gasteiger partial charge on any atom is 0.204 e. The van der Waals surface area contributed by atoms with Gasteiger partial charge in [-0.15, -0.1) is 0 Å². The Hall–Kier alpha value is -1.55. The monoisotopic (exact) mass is 217 g/mol. The van der Waals surface area contributed by atoms with Gasteiger partial charge in [-0.1, -0.05) is 12.1 Å². The SMILES string of the molecule is OC[C@H]1CCCN1c1nc2ccccc2[nH]1. The molecule has 0 amide bonds. The molecule has 0 radical (unpaired) electrons. The maximum atomic E-state index is 9.29. The number of anilines is 1. The van der Waals surface area contributed by atoms with E-state index >= 15 is 0 Å². The molecule has 2 N–H and O–H groups in total. The summed E-state index contributed by atoms with van der Waals surface area (Å²) in [5, 5.41) is 9.29. The van der Waals surface area contributed by atoms with Crippen molar-refractivity contribution in [3.05, 3.63) is 24.3 Å². The van der Waals surface area contributed by atoms with Crippen LogP contribution < -0.4 is 4.90 Å². The highest BCUT2D eigenvalue weighted by molar-refractivity contribution is 5.77. The number of para-hydroxylation sites is 2. The second kappa shape index (κ2) is 3.79. The van der Waals surface area contributed by atoms with Gasteiger partial charge in [0.2, 0.25) is 5.95 Å². The Balaban J connectivity index is 1.99. The maximum absolute atomic E-state index is 9.29. The molecule has 4 nitrogen and oxygen atoms in total. The highest BCUT2D eigenvalue weighted by atomic mass is 16.3. The van der Waals surface area contributed by atoms with Gasteiger partial charge in [0.05, 0.1) is 23.7 Å². The van der Waals surface area contributed by atoms with Gasteiger partial charge in [-0.3, -0.25) is 0 Å². The average molecular weight is 217 g/mol. The summed E-state index contributed by atoms with van der Waals surface area (Å²) >= 11 is 0. The Kier molecular flexibility index (Phi) is 2.29. The third-order valence-corrected chi connectivity index (χ3v) is 3.24. The van der Waals surface area contributed by atoms with Gasteiger partial charge in [0, 0.05) is 6.54 Å². The zero-order chi connectivity index (χ0) is 11.0. The van der Waals surface area contributed by atoms with E-state index in [0.717, 1.165) is 36.4 Å². The predicted molar refractivity (Wildman–Crippen MR) is 63.5 cm³/mol. The number of aromatic amines is 1. The Morgan fingerprint density at radius 1 is 1.44 bits per heavy atom. The molecule has 0 spiro atoms. The molecular formula is C12H15N3O. The van der Waals surface area contributed by atoms with E-state index < -0.39 is 0 Å². The van der Waals surface area contributed by atoms with Gasteiger partial charge >= 0.3 is 0 Å². The lowest BCUT2D eigenvalue weighted by Gasteiger charge is -2.21. The van der Waals surface area contributed by atoms with Crippen LogP contribution in [0.15, 0.2) is 24.3 Å². The summed E-state index contributed by atoms with van der Waals surface area (Å²) in [5.41, 5.74) is 2.04. The van der Waals surface area contributed by atoms with Crippen LogP contribution in [0.25, 0.3) is 11.0 Å². The van der Waals surface area contributed by atoms with Crippen molar-refractivity contribution in [1.82, 2.24) is 9.97 Å². The van der Waals surface area contributed by atoms with Gasteiger partial charge in [0.15, 0.2) is 0 Å². The minimum Gasteiger partial charge on any atom is -0.394 e. The van der Waals surface area contributed by atoms with E-state index in [0.29, 0.717) is 0 Å². The molecule has 1 aromatic heterocycles. The van der Waals surface area contributed by atoms with Crippen molar-refractivity contribution in [1.29, 1.82) is 0 Å². The second-order valence-electron chi connectivity index (χ2n) is 4.25. The van der Waals surface area contributed by atoms with Crippen molar-refractivity contribution < 1.29 is 5.11 Å². The van der Waals surface area contributed by atoms with Gasteiger partial charge in [-0.2, -0.15) is 0 Å². The molecule has 1 saturated heterocycles. The highest BCUT2D eigenvalue weighted by Gasteiger charge is 2.25. The average Bonchev–Trinajstić information content (AvgIpc) is 2.94. The molecule has 1 atom stereocenters. The molecular weight excluding hydrogens is 202 g/mol. The molecule has 1 aliphatic heterocycles. The number of aliphatic hydroxyl groups is 1. The zero-order valence-electron chi connectivity index (χ0n) is 9.06. The number of fused-ring (bicyclic) bond motifs is 1. The first-order valence-electron chi connectivity index (χ1n) is 5.71. The van der Waals surface area contributed by atoms with E-state index in [1.807, 2.05) is 24.3 Å². The number of aliphatic hydroxyl groups excluding tert-OH is 1. The molecule has 84 valence electrons. The largest absolute Gasteiger partial charge is 0.394 e. The van der Waals surface area contributed by atoms with E-state index in [1.165, 1.54) is 0 Å². The molecule has 16 heavy (non-hydrogen) atoms. The quantitative estimate of drug-likeness (QED) is 0.802. The molecule has 1 aliphatic rings. The third-order valence-electron chi connectivity index (χ3n) is 3.24. The lowest BCUT2D eigenvalue weighted by Crippen LogP contribution is -2.32. The summed E-state index contributed by atoms with van der Waals surface area (Å²) in [5.74, 6) is 0.887. The number of hydrogen-bond acceptors (Lipinski definition) is 3. The fourth-order valence-electron chi connectivity index (χ4n) is 2.38.